The van der Waals surface area contributed by atoms with E-state index in [-0.39, 0.29) is 23.7 Å². The zero-order chi connectivity index (χ0) is 19.7. The number of nitrogens with zero attached hydrogens (tertiary/aromatic N) is 2. The van der Waals surface area contributed by atoms with Crippen molar-refractivity contribution in [1.82, 2.24) is 0 Å². The molecule has 0 spiro atoms. The number of ketones is 1. The summed E-state index contributed by atoms with van der Waals surface area (Å²) >= 11 is 0. The highest BCUT2D eigenvalue weighted by molar-refractivity contribution is 6.16. The molecule has 6 heteroatoms. The Labute approximate surface area is 158 Å². The second-order valence-electron chi connectivity index (χ2n) is 7.29. The quantitative estimate of drug-likeness (QED) is 0.838. The molecule has 0 radical (unpaired) electrons. The zero-order valence-electron chi connectivity index (χ0n) is 16.0. The normalized spacial score (nSPS) is 17.1. The molecule has 0 bridgehead atoms. The molecule has 1 aliphatic heterocycles. The average Bonchev–Trinajstić information content (AvgIpc) is 3.22. The number of hydrogen-bond acceptors (Lipinski definition) is 5. The molecule has 0 saturated heterocycles. The van der Waals surface area contributed by atoms with E-state index in [1.54, 1.807) is 24.3 Å². The fourth-order valence-corrected chi connectivity index (χ4v) is 3.26. The molecule has 1 aromatic heterocycles. The lowest BCUT2D eigenvalue weighted by molar-refractivity contribution is -0.118. The van der Waals surface area contributed by atoms with E-state index in [9.17, 15) is 14.7 Å². The predicted octanol–water partition coefficient (Wildman–Crippen LogP) is 3.86. The van der Waals surface area contributed by atoms with Crippen LogP contribution < -0.4 is 9.80 Å². The Morgan fingerprint density at radius 3 is 2.41 bits per heavy atom. The van der Waals surface area contributed by atoms with Crippen molar-refractivity contribution in [1.29, 1.82) is 0 Å². The van der Waals surface area contributed by atoms with Gasteiger partial charge in [-0.25, -0.2) is 0 Å². The number of anilines is 2. The summed E-state index contributed by atoms with van der Waals surface area (Å²) in [5.41, 5.74) is 1.67. The number of aliphatic hydroxyl groups is 1. The van der Waals surface area contributed by atoms with E-state index in [2.05, 4.69) is 0 Å². The minimum Gasteiger partial charge on any atom is -0.503 e. The molecule has 1 aliphatic rings. The molecule has 1 atom stereocenters. The smallest absolute Gasteiger partial charge is 0.294 e. The average molecular weight is 368 g/mol. The van der Waals surface area contributed by atoms with Crippen LogP contribution in [0.25, 0.3) is 0 Å². The van der Waals surface area contributed by atoms with Crippen LogP contribution >= 0.6 is 0 Å². The molecule has 6 nitrogen and oxygen atoms in total. The number of benzene rings is 1. The zero-order valence-corrected chi connectivity index (χ0v) is 16.0. The Morgan fingerprint density at radius 2 is 1.89 bits per heavy atom. The molecule has 3 rings (SSSR count). The van der Waals surface area contributed by atoms with Crippen LogP contribution in [0.5, 0.6) is 0 Å². The first-order valence-corrected chi connectivity index (χ1v) is 8.92. The van der Waals surface area contributed by atoms with Gasteiger partial charge in [-0.2, -0.15) is 0 Å². The second-order valence-corrected chi connectivity index (χ2v) is 7.29. The topological polar surface area (TPSA) is 74.0 Å². The number of amides is 1. The number of furan rings is 1. The molecule has 0 fully saturated rings. The van der Waals surface area contributed by atoms with E-state index in [1.807, 2.05) is 45.0 Å². The summed E-state index contributed by atoms with van der Waals surface area (Å²) in [5.74, 6) is -0.792. The van der Waals surface area contributed by atoms with Gasteiger partial charge in [0.15, 0.2) is 11.5 Å². The van der Waals surface area contributed by atoms with Crippen molar-refractivity contribution in [2.24, 2.45) is 5.92 Å². The van der Waals surface area contributed by atoms with Gasteiger partial charge in [-0.05, 0) is 42.3 Å². The van der Waals surface area contributed by atoms with Gasteiger partial charge in [-0.15, -0.1) is 0 Å². The fraction of sp³-hybridized carbons (Fsp3) is 0.333. The summed E-state index contributed by atoms with van der Waals surface area (Å²) in [6.07, 6.45) is 1.74. The second kappa shape index (κ2) is 7.31. The predicted molar refractivity (Wildman–Crippen MR) is 104 cm³/mol. The Hall–Kier alpha value is -3.02. The number of hydrogen-bond donors (Lipinski definition) is 1. The number of carbonyl (C=O) groups is 2. The van der Waals surface area contributed by atoms with Crippen LogP contribution in [0.15, 0.2) is 58.4 Å². The van der Waals surface area contributed by atoms with Crippen molar-refractivity contribution in [2.75, 3.05) is 23.9 Å². The van der Waals surface area contributed by atoms with Gasteiger partial charge < -0.3 is 14.4 Å². The molecule has 0 aliphatic carbocycles. The maximum atomic E-state index is 12.8. The molecule has 27 heavy (non-hydrogen) atoms. The SMILES string of the molecule is CC(C)CC(=O)C1=C(O)C(=O)N(c2ccc(N(C)C)cc2)C1c1ccco1. The summed E-state index contributed by atoms with van der Waals surface area (Å²) in [6.45, 7) is 3.85. The van der Waals surface area contributed by atoms with Gasteiger partial charge in [-0.3, -0.25) is 14.5 Å². The van der Waals surface area contributed by atoms with E-state index >= 15 is 0 Å². The van der Waals surface area contributed by atoms with E-state index in [0.29, 0.717) is 11.4 Å². The van der Waals surface area contributed by atoms with Crippen LogP contribution in [-0.2, 0) is 9.59 Å². The van der Waals surface area contributed by atoms with Crippen molar-refractivity contribution >= 4 is 23.1 Å². The van der Waals surface area contributed by atoms with Crippen LogP contribution in [0, 0.1) is 5.92 Å². The van der Waals surface area contributed by atoms with Crippen LogP contribution in [0.4, 0.5) is 11.4 Å². The largest absolute Gasteiger partial charge is 0.503 e. The highest BCUT2D eigenvalue weighted by Crippen LogP contribution is 2.42. The molecule has 142 valence electrons. The highest BCUT2D eigenvalue weighted by atomic mass is 16.3. The third-order valence-electron chi connectivity index (χ3n) is 4.56. The monoisotopic (exact) mass is 368 g/mol. The van der Waals surface area contributed by atoms with E-state index in [4.69, 9.17) is 4.42 Å². The number of Topliss-reactive ketones (excluding diaryl/α,β-unsaturated/α-hetero) is 1. The van der Waals surface area contributed by atoms with Gasteiger partial charge >= 0.3 is 0 Å². The lowest BCUT2D eigenvalue weighted by atomic mass is 9.95. The van der Waals surface area contributed by atoms with E-state index < -0.39 is 17.7 Å². The molecule has 2 heterocycles. The van der Waals surface area contributed by atoms with Gasteiger partial charge in [0.05, 0.1) is 11.8 Å². The molecule has 1 unspecified atom stereocenters. The van der Waals surface area contributed by atoms with Crippen molar-refractivity contribution in [3.05, 3.63) is 59.8 Å². The molecule has 1 N–H and O–H groups in total. The maximum absolute atomic E-state index is 12.8. The van der Waals surface area contributed by atoms with E-state index in [1.165, 1.54) is 11.2 Å². The Balaban J connectivity index is 2.06. The first-order valence-electron chi connectivity index (χ1n) is 8.92. The summed E-state index contributed by atoms with van der Waals surface area (Å²) in [7, 11) is 3.86. The summed E-state index contributed by atoms with van der Waals surface area (Å²) in [6, 6.07) is 10.00. The standard InChI is InChI=1S/C21H24N2O4/c1-13(2)12-16(24)18-19(17-6-5-11-27-17)23(21(26)20(18)25)15-9-7-14(8-10-15)22(3)4/h5-11,13,19,25H,12H2,1-4H3. The minimum atomic E-state index is -0.774. The van der Waals surface area contributed by atoms with Crippen LogP contribution in [-0.4, -0.2) is 30.9 Å². The van der Waals surface area contributed by atoms with Crippen molar-refractivity contribution in [3.8, 4) is 0 Å². The third kappa shape index (κ3) is 3.47. The number of carbonyl (C=O) groups excluding carboxylic acids is 2. The Kier molecular flexibility index (Phi) is 5.08. The summed E-state index contributed by atoms with van der Waals surface area (Å²) in [4.78, 5) is 29.0. The third-order valence-corrected chi connectivity index (χ3v) is 4.56. The molecular formula is C21H24N2O4. The first kappa shape index (κ1) is 18.8. The molecule has 1 amide bonds. The molecular weight excluding hydrogens is 344 g/mol. The minimum absolute atomic E-state index is 0.0975. The fourth-order valence-electron chi connectivity index (χ4n) is 3.26. The van der Waals surface area contributed by atoms with Gasteiger partial charge in [-0.1, -0.05) is 13.8 Å². The number of aliphatic hydroxyl groups excluding tert-OH is 1. The summed E-state index contributed by atoms with van der Waals surface area (Å²) < 4.78 is 5.51. The molecule has 1 aromatic carbocycles. The number of rotatable bonds is 6. The van der Waals surface area contributed by atoms with Crippen molar-refractivity contribution in [3.63, 3.8) is 0 Å². The van der Waals surface area contributed by atoms with Crippen LogP contribution in [0.2, 0.25) is 0 Å². The van der Waals surface area contributed by atoms with Gasteiger partial charge in [0.1, 0.15) is 11.8 Å². The van der Waals surface area contributed by atoms with Crippen LogP contribution in [0.1, 0.15) is 32.1 Å². The molecule has 2 aromatic rings. The first-order chi connectivity index (χ1) is 12.8. The lowest BCUT2D eigenvalue weighted by Gasteiger charge is -2.25. The van der Waals surface area contributed by atoms with Gasteiger partial charge in [0.25, 0.3) is 5.91 Å². The Morgan fingerprint density at radius 1 is 1.22 bits per heavy atom. The van der Waals surface area contributed by atoms with Crippen molar-refractivity contribution < 1.29 is 19.1 Å². The highest BCUT2D eigenvalue weighted by Gasteiger charge is 2.45. The summed E-state index contributed by atoms with van der Waals surface area (Å²) in [5, 5.41) is 10.5. The lowest BCUT2D eigenvalue weighted by Crippen LogP contribution is -2.31. The van der Waals surface area contributed by atoms with Gasteiger partial charge in [0.2, 0.25) is 0 Å². The van der Waals surface area contributed by atoms with Gasteiger partial charge in [0, 0.05) is 31.9 Å². The van der Waals surface area contributed by atoms with E-state index in [0.717, 1.165) is 5.69 Å². The Bertz CT molecular complexity index is 864. The van der Waals surface area contributed by atoms with Crippen LogP contribution in [0.3, 0.4) is 0 Å². The molecule has 0 saturated carbocycles. The maximum Gasteiger partial charge on any atom is 0.294 e. The van der Waals surface area contributed by atoms with Crippen molar-refractivity contribution in [2.45, 2.75) is 26.3 Å².